The third kappa shape index (κ3) is 5.15. The van der Waals surface area contributed by atoms with Gasteiger partial charge >= 0.3 is 0 Å². The summed E-state index contributed by atoms with van der Waals surface area (Å²) in [5.41, 5.74) is 0.0327. The Morgan fingerprint density at radius 1 is 1.28 bits per heavy atom. The van der Waals surface area contributed by atoms with Crippen LogP contribution in [0, 0.1) is 5.92 Å². The van der Waals surface area contributed by atoms with Gasteiger partial charge in [-0.15, -0.1) is 12.4 Å². The Balaban J connectivity index is 0.00000289. The molecule has 1 rings (SSSR count). The molecule has 3 nitrogen and oxygen atoms in total. The van der Waals surface area contributed by atoms with Gasteiger partial charge in [0.1, 0.15) is 0 Å². The van der Waals surface area contributed by atoms with Crippen molar-refractivity contribution in [1.29, 1.82) is 0 Å². The fourth-order valence-corrected chi connectivity index (χ4v) is 2.67. The Labute approximate surface area is 118 Å². The summed E-state index contributed by atoms with van der Waals surface area (Å²) in [6.45, 7) is 8.69. The zero-order valence-electron chi connectivity index (χ0n) is 12.1. The largest absolute Gasteiger partial charge is 0.351 e. The highest BCUT2D eigenvalue weighted by Gasteiger charge is 2.26. The normalized spacial score (nSPS) is 19.4. The minimum Gasteiger partial charge on any atom is -0.351 e. The molecule has 0 spiro atoms. The lowest BCUT2D eigenvalue weighted by atomic mass is 9.89. The number of amides is 1. The van der Waals surface area contributed by atoms with Crippen LogP contribution in [0.2, 0.25) is 0 Å². The first-order chi connectivity index (χ1) is 8.15. The van der Waals surface area contributed by atoms with E-state index in [-0.39, 0.29) is 23.9 Å². The van der Waals surface area contributed by atoms with E-state index in [1.54, 1.807) is 0 Å². The van der Waals surface area contributed by atoms with Crippen molar-refractivity contribution in [3.8, 4) is 0 Å². The van der Waals surface area contributed by atoms with E-state index in [0.29, 0.717) is 12.3 Å². The van der Waals surface area contributed by atoms with Gasteiger partial charge in [-0.25, -0.2) is 0 Å². The van der Waals surface area contributed by atoms with Crippen LogP contribution < -0.4 is 10.6 Å². The molecule has 1 saturated heterocycles. The monoisotopic (exact) mass is 276 g/mol. The quantitative estimate of drug-likeness (QED) is 0.751. The average Bonchev–Trinajstić information content (AvgIpc) is 2.87. The van der Waals surface area contributed by atoms with Crippen LogP contribution in [0.4, 0.5) is 0 Å². The Bertz CT molecular complexity index is 228. The van der Waals surface area contributed by atoms with Crippen molar-refractivity contribution in [3.05, 3.63) is 0 Å². The minimum atomic E-state index is 0. The van der Waals surface area contributed by atoms with Crippen molar-refractivity contribution in [1.82, 2.24) is 10.6 Å². The summed E-state index contributed by atoms with van der Waals surface area (Å²) in [5, 5.41) is 6.59. The lowest BCUT2D eigenvalue weighted by Gasteiger charge is -2.32. The molecule has 1 aliphatic rings. The van der Waals surface area contributed by atoms with Gasteiger partial charge in [0, 0.05) is 12.0 Å². The summed E-state index contributed by atoms with van der Waals surface area (Å²) in [5.74, 6) is 0.947. The highest BCUT2D eigenvalue weighted by molar-refractivity contribution is 5.85. The van der Waals surface area contributed by atoms with Gasteiger partial charge in [0.05, 0.1) is 0 Å². The second-order valence-corrected chi connectivity index (χ2v) is 5.29. The molecule has 1 fully saturated rings. The highest BCUT2D eigenvalue weighted by atomic mass is 35.5. The topological polar surface area (TPSA) is 41.1 Å². The molecule has 18 heavy (non-hydrogen) atoms. The van der Waals surface area contributed by atoms with Crippen LogP contribution in [0.5, 0.6) is 0 Å². The highest BCUT2D eigenvalue weighted by Crippen LogP contribution is 2.20. The van der Waals surface area contributed by atoms with Crippen molar-refractivity contribution >= 4 is 18.3 Å². The van der Waals surface area contributed by atoms with Gasteiger partial charge in [-0.1, -0.05) is 20.8 Å². The van der Waals surface area contributed by atoms with Gasteiger partial charge in [0.25, 0.3) is 0 Å². The predicted molar refractivity (Wildman–Crippen MR) is 79.2 cm³/mol. The second-order valence-electron chi connectivity index (χ2n) is 5.29. The van der Waals surface area contributed by atoms with E-state index in [4.69, 9.17) is 0 Å². The van der Waals surface area contributed by atoms with Crippen molar-refractivity contribution in [2.75, 3.05) is 13.1 Å². The molecule has 1 heterocycles. The molecular formula is C14H29ClN2O. The van der Waals surface area contributed by atoms with E-state index < -0.39 is 0 Å². The standard InChI is InChI=1S/C14H28N2O.ClH/c1-4-14(5-2,6-3)16-13(17)8-7-12-9-10-15-11-12;/h12,15H,4-11H2,1-3H3,(H,16,17);1H. The second kappa shape index (κ2) is 8.76. The van der Waals surface area contributed by atoms with E-state index >= 15 is 0 Å². The van der Waals surface area contributed by atoms with Gasteiger partial charge in [0.15, 0.2) is 0 Å². The fourth-order valence-electron chi connectivity index (χ4n) is 2.67. The summed E-state index contributed by atoms with van der Waals surface area (Å²) in [4.78, 5) is 12.0. The minimum absolute atomic E-state index is 0. The van der Waals surface area contributed by atoms with E-state index in [1.165, 1.54) is 6.42 Å². The summed E-state index contributed by atoms with van der Waals surface area (Å²) >= 11 is 0. The average molecular weight is 277 g/mol. The maximum absolute atomic E-state index is 12.0. The first-order valence-electron chi connectivity index (χ1n) is 7.17. The number of carbonyl (C=O) groups is 1. The van der Waals surface area contributed by atoms with Gasteiger partial charge in [-0.2, -0.15) is 0 Å². The molecule has 4 heteroatoms. The van der Waals surface area contributed by atoms with Gasteiger partial charge < -0.3 is 10.6 Å². The summed E-state index contributed by atoms with van der Waals surface area (Å²) < 4.78 is 0. The van der Waals surface area contributed by atoms with Crippen LogP contribution in [-0.4, -0.2) is 24.5 Å². The smallest absolute Gasteiger partial charge is 0.220 e. The fraction of sp³-hybridized carbons (Fsp3) is 0.929. The van der Waals surface area contributed by atoms with Crippen LogP contribution in [0.1, 0.15) is 59.3 Å². The molecule has 2 N–H and O–H groups in total. The molecule has 108 valence electrons. The summed E-state index contributed by atoms with van der Waals surface area (Å²) in [7, 11) is 0. The van der Waals surface area contributed by atoms with E-state index in [1.807, 2.05) is 0 Å². The molecular weight excluding hydrogens is 248 g/mol. The lowest BCUT2D eigenvalue weighted by molar-refractivity contribution is -0.123. The van der Waals surface area contributed by atoms with Crippen molar-refractivity contribution in [2.45, 2.75) is 64.8 Å². The predicted octanol–water partition coefficient (Wildman–Crippen LogP) is 2.88. The van der Waals surface area contributed by atoms with E-state index in [0.717, 1.165) is 38.8 Å². The number of carbonyl (C=O) groups excluding carboxylic acids is 1. The van der Waals surface area contributed by atoms with Gasteiger partial charge in [0.2, 0.25) is 5.91 Å². The van der Waals surface area contributed by atoms with E-state index in [2.05, 4.69) is 31.4 Å². The van der Waals surface area contributed by atoms with Crippen LogP contribution in [0.3, 0.4) is 0 Å². The molecule has 1 amide bonds. The third-order valence-electron chi connectivity index (χ3n) is 4.38. The zero-order valence-corrected chi connectivity index (χ0v) is 12.9. The molecule has 0 bridgehead atoms. The van der Waals surface area contributed by atoms with Crippen LogP contribution >= 0.6 is 12.4 Å². The molecule has 0 aromatic carbocycles. The molecule has 0 aromatic heterocycles. The number of hydrogen-bond acceptors (Lipinski definition) is 2. The van der Waals surface area contributed by atoms with Crippen molar-refractivity contribution in [3.63, 3.8) is 0 Å². The maximum atomic E-state index is 12.0. The maximum Gasteiger partial charge on any atom is 0.220 e. The van der Waals surface area contributed by atoms with E-state index in [9.17, 15) is 4.79 Å². The lowest BCUT2D eigenvalue weighted by Crippen LogP contribution is -2.47. The molecule has 0 saturated carbocycles. The zero-order chi connectivity index (χ0) is 12.7. The first-order valence-corrected chi connectivity index (χ1v) is 7.17. The van der Waals surface area contributed by atoms with Crippen molar-refractivity contribution in [2.24, 2.45) is 5.92 Å². The van der Waals surface area contributed by atoms with Crippen LogP contribution in [-0.2, 0) is 4.79 Å². The Morgan fingerprint density at radius 3 is 2.33 bits per heavy atom. The first kappa shape index (κ1) is 17.7. The Hall–Kier alpha value is -0.280. The van der Waals surface area contributed by atoms with Gasteiger partial charge in [-0.3, -0.25) is 4.79 Å². The number of halogens is 1. The number of rotatable bonds is 7. The Kier molecular flexibility index (Phi) is 8.62. The summed E-state index contributed by atoms with van der Waals surface area (Å²) in [6.07, 6.45) is 6.03. The SMILES string of the molecule is CCC(CC)(CC)NC(=O)CCC1CCNC1.Cl. The number of nitrogens with one attached hydrogen (secondary N) is 2. The summed E-state index contributed by atoms with van der Waals surface area (Å²) in [6, 6.07) is 0. The third-order valence-corrected chi connectivity index (χ3v) is 4.38. The van der Waals surface area contributed by atoms with Crippen LogP contribution in [0.15, 0.2) is 0 Å². The molecule has 1 aliphatic heterocycles. The number of hydrogen-bond donors (Lipinski definition) is 2. The van der Waals surface area contributed by atoms with Crippen molar-refractivity contribution < 1.29 is 4.79 Å². The van der Waals surface area contributed by atoms with Crippen LogP contribution in [0.25, 0.3) is 0 Å². The molecule has 1 atom stereocenters. The van der Waals surface area contributed by atoms with Gasteiger partial charge in [-0.05, 0) is 51.1 Å². The molecule has 0 aromatic rings. The molecule has 1 unspecified atom stereocenters. The Morgan fingerprint density at radius 2 is 1.89 bits per heavy atom. The molecule has 0 aliphatic carbocycles. The molecule has 0 radical (unpaired) electrons.